The topological polar surface area (TPSA) is 111 Å². The minimum Gasteiger partial charge on any atom is -0.475 e. The molecule has 0 radical (unpaired) electrons. The molecule has 4 rings (SSSR count). The van der Waals surface area contributed by atoms with Gasteiger partial charge in [-0.3, -0.25) is 14.6 Å². The highest BCUT2D eigenvalue weighted by Gasteiger charge is 2.46. The number of carbonyl (C=O) groups excluding carboxylic acids is 1. The number of rotatable bonds is 6. The van der Waals surface area contributed by atoms with Crippen molar-refractivity contribution in [2.45, 2.75) is 43.7 Å². The third kappa shape index (κ3) is 10.6. The van der Waals surface area contributed by atoms with E-state index < -0.39 is 24.3 Å². The molecule has 0 spiro atoms. The number of nitrogens with zero attached hydrogens (tertiary/aromatic N) is 3. The predicted molar refractivity (Wildman–Crippen MR) is 125 cm³/mol. The fourth-order valence-electron chi connectivity index (χ4n) is 4.57. The number of carboxylic acid groups (broad SMARTS) is 2. The van der Waals surface area contributed by atoms with Crippen molar-refractivity contribution < 1.29 is 55.7 Å². The van der Waals surface area contributed by atoms with Crippen LogP contribution in [0, 0.1) is 0 Å². The Kier molecular flexibility index (Phi) is 12.0. The molecule has 15 heteroatoms. The minimum absolute atomic E-state index is 0.354. The van der Waals surface area contributed by atoms with E-state index in [0.717, 1.165) is 65.3 Å². The number of carbonyl (C=O) groups is 3. The molecule has 0 aliphatic carbocycles. The van der Waals surface area contributed by atoms with E-state index in [9.17, 15) is 31.1 Å². The number of hydrogen-bond acceptors (Lipinski definition) is 6. The van der Waals surface area contributed by atoms with Crippen molar-refractivity contribution in [2.24, 2.45) is 0 Å². The Labute approximate surface area is 220 Å². The third-order valence-corrected chi connectivity index (χ3v) is 6.51. The lowest BCUT2D eigenvalue weighted by atomic mass is 10.1. The number of morpholine rings is 1. The normalized spacial score (nSPS) is 21.9. The maximum Gasteiger partial charge on any atom is 0.490 e. The first-order valence-corrected chi connectivity index (χ1v) is 12.2. The smallest absolute Gasteiger partial charge is 0.475 e. The van der Waals surface area contributed by atoms with Gasteiger partial charge in [0.15, 0.2) is 0 Å². The summed E-state index contributed by atoms with van der Waals surface area (Å²) < 4.78 is 68.9. The first kappa shape index (κ1) is 32.3. The summed E-state index contributed by atoms with van der Waals surface area (Å²) in [6.07, 6.45) is -7.25. The first-order valence-electron chi connectivity index (χ1n) is 12.2. The molecule has 2 N–H and O–H groups in total. The molecule has 1 amide bonds. The van der Waals surface area contributed by atoms with E-state index in [1.807, 2.05) is 0 Å². The standard InChI is InChI=1S/C20H29N3O2.2C2HF3O2/c24-20-16-19-18(23(20)11-10-21-12-14-25-15-13-21)7-9-22(19)8-6-17-4-2-1-3-5-17;2*3-2(4,5)1(6)7/h1-5,18-19H,6-16H2;2*(H,6,7)/t18-,19+;;/m1../s1. The lowest BCUT2D eigenvalue weighted by molar-refractivity contribution is -0.193. The molecule has 3 heterocycles. The SMILES string of the molecule is O=C(O)C(F)(F)F.O=C(O)C(F)(F)F.O=C1C[C@H]2[C@@H](CCN2CCc2ccccc2)N1CCN1CCOCC1. The lowest BCUT2D eigenvalue weighted by Crippen LogP contribution is -2.44. The number of carboxylic acids is 2. The van der Waals surface area contributed by atoms with Gasteiger partial charge in [0.05, 0.1) is 13.2 Å². The number of halogens is 6. The molecule has 1 aromatic carbocycles. The summed E-state index contributed by atoms with van der Waals surface area (Å²) in [5.74, 6) is -5.16. The lowest BCUT2D eigenvalue weighted by Gasteiger charge is -2.30. The van der Waals surface area contributed by atoms with Crippen LogP contribution >= 0.6 is 0 Å². The van der Waals surface area contributed by atoms with Gasteiger partial charge >= 0.3 is 24.3 Å². The van der Waals surface area contributed by atoms with Crippen molar-refractivity contribution in [2.75, 3.05) is 52.5 Å². The maximum absolute atomic E-state index is 12.5. The van der Waals surface area contributed by atoms with Gasteiger partial charge in [-0.15, -0.1) is 0 Å². The molecule has 2 atom stereocenters. The van der Waals surface area contributed by atoms with Crippen LogP contribution in [-0.2, 0) is 25.5 Å². The number of likely N-dealkylation sites (tertiary alicyclic amines) is 2. The second kappa shape index (κ2) is 14.5. The zero-order valence-corrected chi connectivity index (χ0v) is 21.0. The molecule has 9 nitrogen and oxygen atoms in total. The predicted octanol–water partition coefficient (Wildman–Crippen LogP) is 2.50. The molecule has 3 saturated heterocycles. The number of hydrogen-bond donors (Lipinski definition) is 2. The third-order valence-electron chi connectivity index (χ3n) is 6.51. The highest BCUT2D eigenvalue weighted by molar-refractivity contribution is 5.80. The van der Waals surface area contributed by atoms with Crippen LogP contribution in [0.4, 0.5) is 26.3 Å². The summed E-state index contributed by atoms with van der Waals surface area (Å²) in [6.45, 7) is 7.72. The molecule has 0 aromatic heterocycles. The van der Waals surface area contributed by atoms with Crippen molar-refractivity contribution >= 4 is 17.8 Å². The van der Waals surface area contributed by atoms with Crippen LogP contribution in [0.2, 0.25) is 0 Å². The van der Waals surface area contributed by atoms with Gasteiger partial charge in [0.2, 0.25) is 5.91 Å². The van der Waals surface area contributed by atoms with E-state index in [2.05, 4.69) is 45.0 Å². The quantitative estimate of drug-likeness (QED) is 0.502. The average Bonchev–Trinajstić information content (AvgIpc) is 3.40. The van der Waals surface area contributed by atoms with E-state index in [-0.39, 0.29) is 0 Å². The zero-order chi connectivity index (χ0) is 29.2. The Morgan fingerprint density at radius 3 is 1.90 bits per heavy atom. The molecule has 1 aromatic rings. The Morgan fingerprint density at radius 2 is 1.38 bits per heavy atom. The average molecular weight is 572 g/mol. The van der Waals surface area contributed by atoms with Crippen LogP contribution in [0.1, 0.15) is 18.4 Å². The summed E-state index contributed by atoms with van der Waals surface area (Å²) >= 11 is 0. The Balaban J connectivity index is 0.000000317. The summed E-state index contributed by atoms with van der Waals surface area (Å²) in [5, 5.41) is 14.2. The van der Waals surface area contributed by atoms with Gasteiger partial charge < -0.3 is 19.8 Å². The maximum atomic E-state index is 12.5. The summed E-state index contributed by atoms with van der Waals surface area (Å²) in [4.78, 5) is 37.5. The fourth-order valence-corrected chi connectivity index (χ4v) is 4.57. The molecule has 0 bridgehead atoms. The summed E-state index contributed by atoms with van der Waals surface area (Å²) in [7, 11) is 0. The summed E-state index contributed by atoms with van der Waals surface area (Å²) in [5.41, 5.74) is 1.39. The van der Waals surface area contributed by atoms with Gasteiger partial charge in [-0.25, -0.2) is 9.59 Å². The number of aliphatic carboxylic acids is 2. The highest BCUT2D eigenvalue weighted by atomic mass is 19.4. The number of alkyl halides is 6. The van der Waals surface area contributed by atoms with E-state index in [1.54, 1.807) is 0 Å². The van der Waals surface area contributed by atoms with Crippen molar-refractivity contribution in [1.29, 1.82) is 0 Å². The Hall–Kier alpha value is -2.91. The van der Waals surface area contributed by atoms with Crippen molar-refractivity contribution in [1.82, 2.24) is 14.7 Å². The van der Waals surface area contributed by atoms with Crippen molar-refractivity contribution in [3.8, 4) is 0 Å². The number of benzene rings is 1. The molecule has 3 aliphatic rings. The van der Waals surface area contributed by atoms with Crippen LogP contribution in [0.5, 0.6) is 0 Å². The van der Waals surface area contributed by atoms with Crippen LogP contribution in [0.25, 0.3) is 0 Å². The van der Waals surface area contributed by atoms with Gasteiger partial charge in [-0.2, -0.15) is 26.3 Å². The van der Waals surface area contributed by atoms with Gasteiger partial charge in [0, 0.05) is 57.8 Å². The van der Waals surface area contributed by atoms with Gasteiger partial charge in [0.25, 0.3) is 0 Å². The van der Waals surface area contributed by atoms with Crippen LogP contribution < -0.4 is 0 Å². The van der Waals surface area contributed by atoms with Gasteiger partial charge in [0.1, 0.15) is 0 Å². The molecule has 3 aliphatic heterocycles. The largest absolute Gasteiger partial charge is 0.490 e. The minimum atomic E-state index is -5.08. The molecular formula is C24H31F6N3O6. The van der Waals surface area contributed by atoms with Crippen LogP contribution in [0.15, 0.2) is 30.3 Å². The molecular weight excluding hydrogens is 540 g/mol. The molecule has 0 unspecified atom stereocenters. The molecule has 220 valence electrons. The Bertz CT molecular complexity index is 917. The summed E-state index contributed by atoms with van der Waals surface area (Å²) in [6, 6.07) is 11.5. The number of ether oxygens (including phenoxy) is 1. The van der Waals surface area contributed by atoms with E-state index in [4.69, 9.17) is 24.5 Å². The van der Waals surface area contributed by atoms with Gasteiger partial charge in [-0.05, 0) is 18.4 Å². The Morgan fingerprint density at radius 1 is 0.846 bits per heavy atom. The second-order valence-electron chi connectivity index (χ2n) is 9.05. The second-order valence-corrected chi connectivity index (χ2v) is 9.05. The van der Waals surface area contributed by atoms with Crippen molar-refractivity contribution in [3.05, 3.63) is 35.9 Å². The highest BCUT2D eigenvalue weighted by Crippen LogP contribution is 2.32. The van der Waals surface area contributed by atoms with E-state index >= 15 is 0 Å². The first-order chi connectivity index (χ1) is 18.2. The molecule has 39 heavy (non-hydrogen) atoms. The molecule has 3 fully saturated rings. The zero-order valence-electron chi connectivity index (χ0n) is 21.0. The van der Waals surface area contributed by atoms with Crippen molar-refractivity contribution in [3.63, 3.8) is 0 Å². The number of amides is 1. The van der Waals surface area contributed by atoms with E-state index in [0.29, 0.717) is 24.4 Å². The van der Waals surface area contributed by atoms with E-state index in [1.165, 1.54) is 5.56 Å². The number of fused-ring (bicyclic) bond motifs is 1. The fraction of sp³-hybridized carbons (Fsp3) is 0.625. The van der Waals surface area contributed by atoms with Crippen LogP contribution in [0.3, 0.4) is 0 Å². The monoisotopic (exact) mass is 571 g/mol. The van der Waals surface area contributed by atoms with Crippen LogP contribution in [-0.4, -0.2) is 120 Å². The van der Waals surface area contributed by atoms with Gasteiger partial charge in [-0.1, -0.05) is 30.3 Å². The molecule has 0 saturated carbocycles.